The van der Waals surface area contributed by atoms with Crippen LogP contribution in [-0.4, -0.2) is 46.8 Å². The number of nitrogens with zero attached hydrogens (tertiary/aromatic N) is 2. The normalized spacial score (nSPS) is 28.3. The van der Waals surface area contributed by atoms with Gasteiger partial charge in [0.25, 0.3) is 5.91 Å². The van der Waals surface area contributed by atoms with Crippen LogP contribution in [-0.2, 0) is 14.4 Å². The predicted octanol–water partition coefficient (Wildman–Crippen LogP) is 1.40. The molecule has 6 heteroatoms. The molecule has 110 valence electrons. The minimum atomic E-state index is -1.11. The van der Waals surface area contributed by atoms with E-state index < -0.39 is 12.1 Å². The predicted molar refractivity (Wildman–Crippen MR) is 71.3 cm³/mol. The first-order valence-electron chi connectivity index (χ1n) is 7.34. The second-order valence-corrected chi connectivity index (χ2v) is 6.17. The minimum Gasteiger partial charge on any atom is -0.477 e. The molecule has 1 aliphatic carbocycles. The lowest BCUT2D eigenvalue weighted by Gasteiger charge is -2.39. The first-order valence-corrected chi connectivity index (χ1v) is 7.34. The highest BCUT2D eigenvalue weighted by molar-refractivity contribution is 6.36. The number of aliphatic carboxylic acids is 1. The third-order valence-electron chi connectivity index (χ3n) is 4.99. The molecule has 1 atom stereocenters. The molecule has 20 heavy (non-hydrogen) atoms. The fraction of sp³-hybridized carbons (Fsp3) is 0.786. The fourth-order valence-electron chi connectivity index (χ4n) is 3.67. The van der Waals surface area contributed by atoms with Crippen LogP contribution in [0.4, 0.5) is 0 Å². The van der Waals surface area contributed by atoms with Gasteiger partial charge in [0.1, 0.15) is 0 Å². The van der Waals surface area contributed by atoms with Crippen molar-refractivity contribution in [2.45, 2.75) is 51.0 Å². The summed E-state index contributed by atoms with van der Waals surface area (Å²) in [4.78, 5) is 29.9. The lowest BCUT2D eigenvalue weighted by molar-refractivity contribution is -0.144. The van der Waals surface area contributed by atoms with Crippen molar-refractivity contribution < 1.29 is 19.5 Å². The van der Waals surface area contributed by atoms with E-state index in [2.05, 4.69) is 5.16 Å². The Morgan fingerprint density at radius 3 is 2.40 bits per heavy atom. The fourth-order valence-corrected chi connectivity index (χ4v) is 3.67. The van der Waals surface area contributed by atoms with Gasteiger partial charge in [-0.05, 0) is 31.1 Å². The van der Waals surface area contributed by atoms with Gasteiger partial charge >= 0.3 is 5.97 Å². The highest BCUT2D eigenvalue weighted by atomic mass is 16.6. The lowest BCUT2D eigenvalue weighted by atomic mass is 9.77. The monoisotopic (exact) mass is 280 g/mol. The number of amides is 1. The standard InChI is InChI=1S/C14H20N2O4/c17-12(11-9-10(13(18)19)15-20-11)16-7-5-14(6-8-16)3-1-2-4-14/h11H,1-9H2,(H,18,19). The molecule has 2 fully saturated rings. The van der Waals surface area contributed by atoms with E-state index >= 15 is 0 Å². The van der Waals surface area contributed by atoms with E-state index in [4.69, 9.17) is 9.94 Å². The molecule has 0 radical (unpaired) electrons. The number of carbonyl (C=O) groups excluding carboxylic acids is 1. The van der Waals surface area contributed by atoms with Crippen molar-refractivity contribution in [1.82, 2.24) is 4.90 Å². The van der Waals surface area contributed by atoms with Crippen LogP contribution in [0.3, 0.4) is 0 Å². The SMILES string of the molecule is O=C(O)C1=NOC(C(=O)N2CCC3(CCCC3)CC2)C1. The summed E-state index contributed by atoms with van der Waals surface area (Å²) >= 11 is 0. The minimum absolute atomic E-state index is 0.0624. The maximum absolute atomic E-state index is 12.3. The second-order valence-electron chi connectivity index (χ2n) is 6.17. The number of carbonyl (C=O) groups is 2. The summed E-state index contributed by atoms with van der Waals surface area (Å²) in [5, 5.41) is 12.3. The Labute approximate surface area is 117 Å². The Bertz CT molecular complexity index is 444. The number of hydrogen-bond donors (Lipinski definition) is 1. The molecule has 1 amide bonds. The van der Waals surface area contributed by atoms with Crippen molar-refractivity contribution in [3.63, 3.8) is 0 Å². The summed E-state index contributed by atoms with van der Waals surface area (Å²) in [6.45, 7) is 1.53. The lowest BCUT2D eigenvalue weighted by Crippen LogP contribution is -2.46. The zero-order chi connectivity index (χ0) is 14.2. The highest BCUT2D eigenvalue weighted by Gasteiger charge is 2.41. The van der Waals surface area contributed by atoms with Crippen molar-refractivity contribution in [2.24, 2.45) is 10.6 Å². The highest BCUT2D eigenvalue weighted by Crippen LogP contribution is 2.46. The van der Waals surface area contributed by atoms with Crippen LogP contribution in [0.15, 0.2) is 5.16 Å². The van der Waals surface area contributed by atoms with Crippen molar-refractivity contribution in [1.29, 1.82) is 0 Å². The molecule has 3 aliphatic rings. The van der Waals surface area contributed by atoms with Gasteiger partial charge in [-0.15, -0.1) is 0 Å². The van der Waals surface area contributed by atoms with E-state index in [-0.39, 0.29) is 18.0 Å². The van der Waals surface area contributed by atoms with E-state index in [1.165, 1.54) is 25.7 Å². The average Bonchev–Trinajstić information content (AvgIpc) is 3.08. The topological polar surface area (TPSA) is 79.2 Å². The molecular formula is C14H20N2O4. The molecule has 0 aromatic rings. The molecule has 0 bridgehead atoms. The molecule has 1 spiro atoms. The smallest absolute Gasteiger partial charge is 0.353 e. The summed E-state index contributed by atoms with van der Waals surface area (Å²) in [7, 11) is 0. The second kappa shape index (κ2) is 5.07. The first-order chi connectivity index (χ1) is 9.60. The third-order valence-corrected chi connectivity index (χ3v) is 4.99. The Kier molecular flexibility index (Phi) is 3.40. The molecule has 1 unspecified atom stereocenters. The van der Waals surface area contributed by atoms with Gasteiger partial charge in [-0.2, -0.15) is 0 Å². The van der Waals surface area contributed by atoms with E-state index in [1.807, 2.05) is 4.90 Å². The molecule has 3 rings (SSSR count). The molecule has 1 N–H and O–H groups in total. The number of likely N-dealkylation sites (tertiary alicyclic amines) is 1. The van der Waals surface area contributed by atoms with E-state index in [0.29, 0.717) is 5.41 Å². The maximum Gasteiger partial charge on any atom is 0.353 e. The quantitative estimate of drug-likeness (QED) is 0.829. The largest absolute Gasteiger partial charge is 0.477 e. The molecule has 0 aromatic carbocycles. The van der Waals surface area contributed by atoms with Crippen LogP contribution in [0.5, 0.6) is 0 Å². The van der Waals surface area contributed by atoms with Crippen LogP contribution >= 0.6 is 0 Å². The third kappa shape index (κ3) is 2.39. The maximum atomic E-state index is 12.3. The Morgan fingerprint density at radius 1 is 1.20 bits per heavy atom. The van der Waals surface area contributed by atoms with Crippen LogP contribution in [0.1, 0.15) is 44.9 Å². The summed E-state index contributed by atoms with van der Waals surface area (Å²) in [5.74, 6) is -1.22. The Morgan fingerprint density at radius 2 is 1.85 bits per heavy atom. The summed E-state index contributed by atoms with van der Waals surface area (Å²) < 4.78 is 0. The molecular weight excluding hydrogens is 260 g/mol. The van der Waals surface area contributed by atoms with Crippen LogP contribution in [0.2, 0.25) is 0 Å². The molecule has 0 aromatic heterocycles. The first kappa shape index (κ1) is 13.4. The molecule has 1 saturated heterocycles. The van der Waals surface area contributed by atoms with Gasteiger partial charge in [-0.1, -0.05) is 18.0 Å². The number of piperidine rings is 1. The van der Waals surface area contributed by atoms with Gasteiger partial charge < -0.3 is 14.8 Å². The van der Waals surface area contributed by atoms with Gasteiger partial charge in [0.15, 0.2) is 5.71 Å². The average molecular weight is 280 g/mol. The van der Waals surface area contributed by atoms with Crippen molar-refractivity contribution in [3.05, 3.63) is 0 Å². The van der Waals surface area contributed by atoms with Crippen molar-refractivity contribution in [2.75, 3.05) is 13.1 Å². The summed E-state index contributed by atoms with van der Waals surface area (Å²) in [6.07, 6.45) is 6.69. The summed E-state index contributed by atoms with van der Waals surface area (Å²) in [5.41, 5.74) is 0.406. The van der Waals surface area contributed by atoms with Gasteiger partial charge in [-0.25, -0.2) is 4.79 Å². The van der Waals surface area contributed by atoms with Crippen molar-refractivity contribution in [3.8, 4) is 0 Å². The van der Waals surface area contributed by atoms with E-state index in [9.17, 15) is 9.59 Å². The van der Waals surface area contributed by atoms with Gasteiger partial charge in [0.05, 0.1) is 0 Å². The molecule has 6 nitrogen and oxygen atoms in total. The zero-order valence-electron chi connectivity index (χ0n) is 11.5. The van der Waals surface area contributed by atoms with Gasteiger partial charge in [0, 0.05) is 19.5 Å². The number of carboxylic acid groups (broad SMARTS) is 1. The molecule has 1 saturated carbocycles. The van der Waals surface area contributed by atoms with E-state index in [0.717, 1.165) is 25.9 Å². The molecule has 2 aliphatic heterocycles. The van der Waals surface area contributed by atoms with Crippen LogP contribution in [0, 0.1) is 5.41 Å². The molecule has 2 heterocycles. The number of hydrogen-bond acceptors (Lipinski definition) is 4. The van der Waals surface area contributed by atoms with Crippen molar-refractivity contribution >= 4 is 17.6 Å². The van der Waals surface area contributed by atoms with Crippen LogP contribution in [0.25, 0.3) is 0 Å². The Hall–Kier alpha value is -1.59. The van der Waals surface area contributed by atoms with E-state index in [1.54, 1.807) is 0 Å². The van der Waals surface area contributed by atoms with Crippen LogP contribution < -0.4 is 0 Å². The summed E-state index contributed by atoms with van der Waals surface area (Å²) in [6, 6.07) is 0. The number of oxime groups is 1. The number of carboxylic acids is 1. The zero-order valence-corrected chi connectivity index (χ0v) is 11.5. The van der Waals surface area contributed by atoms with Gasteiger partial charge in [0.2, 0.25) is 6.10 Å². The van der Waals surface area contributed by atoms with Gasteiger partial charge in [-0.3, -0.25) is 4.79 Å². The number of rotatable bonds is 2. The Balaban J connectivity index is 1.54.